The molecule has 1 amide bonds. The number of hydrogen-bond donors (Lipinski definition) is 2. The summed E-state index contributed by atoms with van der Waals surface area (Å²) in [7, 11) is 4.11. The minimum Gasteiger partial charge on any atom is -0.354 e. The van der Waals surface area contributed by atoms with E-state index in [4.69, 9.17) is 0 Å². The molecular weight excluding hydrogens is 298 g/mol. The molecule has 1 aromatic carbocycles. The molecule has 2 N–H and O–H groups in total. The smallest absolute Gasteiger partial charge is 0.223 e. The lowest BCUT2D eigenvalue weighted by atomic mass is 9.97. The molecule has 0 radical (unpaired) electrons. The highest BCUT2D eigenvalue weighted by Gasteiger charge is 2.22. The molecule has 1 atom stereocenters. The Balaban J connectivity index is 0.00000242. The zero-order chi connectivity index (χ0) is 15.2. The van der Waals surface area contributed by atoms with Gasteiger partial charge in [-0.3, -0.25) is 4.79 Å². The number of benzene rings is 1. The van der Waals surface area contributed by atoms with Crippen LogP contribution in [0.15, 0.2) is 24.3 Å². The lowest BCUT2D eigenvalue weighted by Gasteiger charge is -2.27. The number of nitrogens with zero attached hydrogens (tertiary/aromatic N) is 1. The van der Waals surface area contributed by atoms with E-state index in [0.717, 1.165) is 25.9 Å². The number of nitrogens with one attached hydrogen (secondary N) is 2. The molecule has 1 heterocycles. The van der Waals surface area contributed by atoms with Crippen LogP contribution >= 0.6 is 12.4 Å². The van der Waals surface area contributed by atoms with Gasteiger partial charge in [-0.2, -0.15) is 0 Å². The van der Waals surface area contributed by atoms with E-state index in [9.17, 15) is 4.79 Å². The van der Waals surface area contributed by atoms with E-state index in [1.54, 1.807) is 0 Å². The van der Waals surface area contributed by atoms with E-state index in [-0.39, 0.29) is 30.3 Å². The molecule has 2 rings (SSSR count). The van der Waals surface area contributed by atoms with Crippen molar-refractivity contribution in [2.45, 2.75) is 25.8 Å². The average molecular weight is 326 g/mol. The first-order valence-corrected chi connectivity index (χ1v) is 7.79. The Hall–Kier alpha value is -1.10. The van der Waals surface area contributed by atoms with E-state index in [1.165, 1.54) is 11.1 Å². The van der Waals surface area contributed by atoms with Gasteiger partial charge >= 0.3 is 0 Å². The third-order valence-electron chi connectivity index (χ3n) is 4.27. The number of aryl methyl sites for hydroxylation is 1. The molecule has 4 nitrogen and oxygen atoms in total. The first kappa shape index (κ1) is 18.9. The van der Waals surface area contributed by atoms with Gasteiger partial charge < -0.3 is 15.5 Å². The van der Waals surface area contributed by atoms with E-state index < -0.39 is 0 Å². The molecule has 1 fully saturated rings. The first-order valence-electron chi connectivity index (χ1n) is 7.79. The summed E-state index contributed by atoms with van der Waals surface area (Å²) in [5.74, 6) is 0.377. The average Bonchev–Trinajstić information content (AvgIpc) is 2.49. The van der Waals surface area contributed by atoms with Gasteiger partial charge in [0.25, 0.3) is 0 Å². The summed E-state index contributed by atoms with van der Waals surface area (Å²) in [5, 5.41) is 6.43. The summed E-state index contributed by atoms with van der Waals surface area (Å²) >= 11 is 0. The quantitative estimate of drug-likeness (QED) is 0.871. The van der Waals surface area contributed by atoms with E-state index in [2.05, 4.69) is 60.8 Å². The molecule has 0 aromatic heterocycles. The highest BCUT2D eigenvalue weighted by molar-refractivity contribution is 5.85. The minimum atomic E-state index is 0. The highest BCUT2D eigenvalue weighted by atomic mass is 35.5. The Kier molecular flexibility index (Phi) is 7.87. The Morgan fingerprint density at radius 2 is 1.86 bits per heavy atom. The maximum absolute atomic E-state index is 12.3. The van der Waals surface area contributed by atoms with Crippen molar-refractivity contribution in [2.24, 2.45) is 5.92 Å². The van der Waals surface area contributed by atoms with Crippen molar-refractivity contribution >= 4 is 18.3 Å². The van der Waals surface area contributed by atoms with Crippen LogP contribution in [0.25, 0.3) is 0 Å². The van der Waals surface area contributed by atoms with Crippen LogP contribution in [0.4, 0.5) is 0 Å². The molecule has 0 spiro atoms. The van der Waals surface area contributed by atoms with Gasteiger partial charge in [-0.05, 0) is 52.5 Å². The maximum Gasteiger partial charge on any atom is 0.223 e. The number of likely N-dealkylation sites (N-methyl/N-ethyl adjacent to an activating group) is 1. The summed E-state index contributed by atoms with van der Waals surface area (Å²) in [4.78, 5) is 14.4. The summed E-state index contributed by atoms with van der Waals surface area (Å²) in [6.45, 7) is 4.66. The van der Waals surface area contributed by atoms with Crippen molar-refractivity contribution in [1.29, 1.82) is 0 Å². The van der Waals surface area contributed by atoms with Crippen LogP contribution in [0.1, 0.15) is 30.0 Å². The Bertz CT molecular complexity index is 455. The molecule has 1 aliphatic rings. The van der Waals surface area contributed by atoms with Crippen molar-refractivity contribution in [3.63, 3.8) is 0 Å². The molecule has 124 valence electrons. The van der Waals surface area contributed by atoms with E-state index >= 15 is 0 Å². The molecule has 0 aliphatic carbocycles. The standard InChI is InChI=1S/C17H27N3O.ClH/c1-13-4-6-14(7-5-13)16(20(2)3)12-19-17(21)15-8-10-18-11-9-15;/h4-7,15-16,18H,8-12H2,1-3H3,(H,19,21);1H. The van der Waals surface area contributed by atoms with Crippen LogP contribution in [-0.2, 0) is 4.79 Å². The molecule has 0 saturated carbocycles. The van der Waals surface area contributed by atoms with Gasteiger partial charge in [0.1, 0.15) is 0 Å². The monoisotopic (exact) mass is 325 g/mol. The lowest BCUT2D eigenvalue weighted by Crippen LogP contribution is -2.41. The summed E-state index contributed by atoms with van der Waals surface area (Å²) in [6, 6.07) is 8.77. The van der Waals surface area contributed by atoms with Crippen molar-refractivity contribution < 1.29 is 4.79 Å². The molecule has 1 aliphatic heterocycles. The second-order valence-electron chi connectivity index (χ2n) is 6.16. The summed E-state index contributed by atoms with van der Waals surface area (Å²) in [6.07, 6.45) is 1.89. The number of rotatable bonds is 5. The zero-order valence-electron chi connectivity index (χ0n) is 13.8. The SMILES string of the molecule is Cc1ccc(C(CNC(=O)C2CCNCC2)N(C)C)cc1.Cl. The van der Waals surface area contributed by atoms with Crippen LogP contribution in [0.5, 0.6) is 0 Å². The molecule has 1 saturated heterocycles. The zero-order valence-corrected chi connectivity index (χ0v) is 14.6. The number of amides is 1. The fraction of sp³-hybridized carbons (Fsp3) is 0.588. The van der Waals surface area contributed by atoms with Gasteiger partial charge in [0, 0.05) is 12.5 Å². The number of hydrogen-bond acceptors (Lipinski definition) is 3. The van der Waals surface area contributed by atoms with Crippen LogP contribution in [0.3, 0.4) is 0 Å². The summed E-state index contributed by atoms with van der Waals surface area (Å²) < 4.78 is 0. The Labute approximate surface area is 140 Å². The van der Waals surface area contributed by atoms with Crippen LogP contribution in [0, 0.1) is 12.8 Å². The fourth-order valence-corrected chi connectivity index (χ4v) is 2.81. The second-order valence-corrected chi connectivity index (χ2v) is 6.16. The normalized spacial score (nSPS) is 16.9. The lowest BCUT2D eigenvalue weighted by molar-refractivity contribution is -0.125. The molecule has 0 bridgehead atoms. The minimum absolute atomic E-state index is 0. The van der Waals surface area contributed by atoms with Crippen LogP contribution < -0.4 is 10.6 Å². The van der Waals surface area contributed by atoms with Gasteiger partial charge in [0.05, 0.1) is 6.04 Å². The maximum atomic E-state index is 12.3. The molecule has 1 unspecified atom stereocenters. The third-order valence-corrected chi connectivity index (χ3v) is 4.27. The second kappa shape index (κ2) is 9.13. The van der Waals surface area contributed by atoms with Gasteiger partial charge in [-0.1, -0.05) is 29.8 Å². The van der Waals surface area contributed by atoms with Crippen molar-refractivity contribution in [2.75, 3.05) is 33.7 Å². The van der Waals surface area contributed by atoms with Gasteiger partial charge in [-0.15, -0.1) is 12.4 Å². The van der Waals surface area contributed by atoms with Crippen LogP contribution in [0.2, 0.25) is 0 Å². The largest absolute Gasteiger partial charge is 0.354 e. The summed E-state index contributed by atoms with van der Waals surface area (Å²) in [5.41, 5.74) is 2.51. The number of carbonyl (C=O) groups is 1. The predicted molar refractivity (Wildman–Crippen MR) is 93.5 cm³/mol. The van der Waals surface area contributed by atoms with E-state index in [0.29, 0.717) is 6.54 Å². The third kappa shape index (κ3) is 5.27. The molecule has 1 aromatic rings. The predicted octanol–water partition coefficient (Wildman–Crippen LogP) is 2.14. The fourth-order valence-electron chi connectivity index (χ4n) is 2.81. The first-order chi connectivity index (χ1) is 10.1. The van der Waals surface area contributed by atoms with Gasteiger partial charge in [0.15, 0.2) is 0 Å². The van der Waals surface area contributed by atoms with E-state index in [1.807, 2.05) is 0 Å². The van der Waals surface area contributed by atoms with Gasteiger partial charge in [0.2, 0.25) is 5.91 Å². The molecule has 5 heteroatoms. The molecular formula is C17H28ClN3O. The molecule has 22 heavy (non-hydrogen) atoms. The van der Waals surface area contributed by atoms with Crippen molar-refractivity contribution in [1.82, 2.24) is 15.5 Å². The van der Waals surface area contributed by atoms with Crippen LogP contribution in [-0.4, -0.2) is 44.5 Å². The number of halogens is 1. The van der Waals surface area contributed by atoms with Gasteiger partial charge in [-0.25, -0.2) is 0 Å². The number of carbonyl (C=O) groups excluding carboxylic acids is 1. The highest BCUT2D eigenvalue weighted by Crippen LogP contribution is 2.19. The number of piperidine rings is 1. The van der Waals surface area contributed by atoms with Crippen molar-refractivity contribution in [3.05, 3.63) is 35.4 Å². The Morgan fingerprint density at radius 1 is 1.27 bits per heavy atom. The Morgan fingerprint density at radius 3 is 2.41 bits per heavy atom. The topological polar surface area (TPSA) is 44.4 Å². The van der Waals surface area contributed by atoms with Crippen molar-refractivity contribution in [3.8, 4) is 0 Å².